The number of hydrogen-bond donors (Lipinski definition) is 0. The van der Waals surface area contributed by atoms with Crippen molar-refractivity contribution in [2.75, 3.05) is 0 Å². The lowest BCUT2D eigenvalue weighted by molar-refractivity contribution is -0.132. The molecule has 0 N–H and O–H groups in total. The van der Waals surface area contributed by atoms with Crippen LogP contribution in [0.5, 0.6) is 0 Å². The van der Waals surface area contributed by atoms with Crippen LogP contribution in [0.1, 0.15) is 57.6 Å². The van der Waals surface area contributed by atoms with E-state index in [4.69, 9.17) is 6.42 Å². The van der Waals surface area contributed by atoms with Gasteiger partial charge in [-0.3, -0.25) is 4.79 Å². The molecule has 0 radical (unpaired) electrons. The highest BCUT2D eigenvalue weighted by molar-refractivity contribution is 5.94. The SMILES string of the molecule is C#Cc1ccc(C2(C(=O)C(C)(C)C)CCCC2)cc1. The Morgan fingerprint density at radius 1 is 1.16 bits per heavy atom. The fourth-order valence-corrected chi connectivity index (χ4v) is 3.23. The second-order valence-electron chi connectivity index (χ2n) is 6.59. The largest absolute Gasteiger partial charge is 0.298 e. The van der Waals surface area contributed by atoms with E-state index in [2.05, 4.69) is 5.92 Å². The lowest BCUT2D eigenvalue weighted by atomic mass is 9.67. The van der Waals surface area contributed by atoms with Crippen LogP contribution >= 0.6 is 0 Å². The van der Waals surface area contributed by atoms with Gasteiger partial charge in [0.05, 0.1) is 5.41 Å². The molecule has 1 aliphatic carbocycles. The average Bonchev–Trinajstić information content (AvgIpc) is 2.87. The van der Waals surface area contributed by atoms with Crippen molar-refractivity contribution in [1.29, 1.82) is 0 Å². The number of hydrogen-bond acceptors (Lipinski definition) is 1. The summed E-state index contributed by atoms with van der Waals surface area (Å²) in [5, 5.41) is 0. The Hall–Kier alpha value is -1.55. The lowest BCUT2D eigenvalue weighted by Gasteiger charge is -2.34. The summed E-state index contributed by atoms with van der Waals surface area (Å²) in [4.78, 5) is 12.9. The molecule has 1 saturated carbocycles. The Kier molecular flexibility index (Phi) is 3.54. The third kappa shape index (κ3) is 2.45. The van der Waals surface area contributed by atoms with Crippen molar-refractivity contribution in [1.82, 2.24) is 0 Å². The van der Waals surface area contributed by atoms with Gasteiger partial charge in [-0.2, -0.15) is 0 Å². The molecule has 0 amide bonds. The van der Waals surface area contributed by atoms with Gasteiger partial charge >= 0.3 is 0 Å². The first-order valence-electron chi connectivity index (χ1n) is 7.02. The van der Waals surface area contributed by atoms with Crippen LogP contribution in [0.25, 0.3) is 0 Å². The van der Waals surface area contributed by atoms with Gasteiger partial charge in [-0.05, 0) is 30.5 Å². The van der Waals surface area contributed by atoms with Crippen LogP contribution in [-0.4, -0.2) is 5.78 Å². The second-order valence-corrected chi connectivity index (χ2v) is 6.59. The van der Waals surface area contributed by atoms with Gasteiger partial charge in [-0.1, -0.05) is 51.7 Å². The van der Waals surface area contributed by atoms with E-state index in [-0.39, 0.29) is 10.8 Å². The summed E-state index contributed by atoms with van der Waals surface area (Å²) < 4.78 is 0. The standard InChI is InChI=1S/C18H22O/c1-5-14-8-10-15(11-9-14)18(12-6-7-13-18)16(19)17(2,3)4/h1,8-11H,6-7,12-13H2,2-4H3. The summed E-state index contributed by atoms with van der Waals surface area (Å²) in [6.45, 7) is 6.06. The van der Waals surface area contributed by atoms with Crippen molar-refractivity contribution in [2.45, 2.75) is 51.9 Å². The van der Waals surface area contributed by atoms with Gasteiger partial charge in [0.2, 0.25) is 0 Å². The molecule has 0 aromatic heterocycles. The van der Waals surface area contributed by atoms with E-state index in [1.54, 1.807) is 0 Å². The number of terminal acetylenes is 1. The van der Waals surface area contributed by atoms with Gasteiger partial charge in [0.25, 0.3) is 0 Å². The molecular formula is C18H22O. The molecule has 19 heavy (non-hydrogen) atoms. The summed E-state index contributed by atoms with van der Waals surface area (Å²) in [5.74, 6) is 3.00. The zero-order chi connectivity index (χ0) is 14.1. The number of carbonyl (C=O) groups excluding carboxylic acids is 1. The van der Waals surface area contributed by atoms with E-state index in [0.717, 1.165) is 36.8 Å². The van der Waals surface area contributed by atoms with Crippen molar-refractivity contribution >= 4 is 5.78 Å². The summed E-state index contributed by atoms with van der Waals surface area (Å²) in [7, 11) is 0. The predicted octanol–water partition coefficient (Wildman–Crippen LogP) is 4.09. The number of carbonyl (C=O) groups is 1. The molecule has 1 fully saturated rings. The molecule has 0 aliphatic heterocycles. The Bertz CT molecular complexity index is 502. The second kappa shape index (κ2) is 4.85. The lowest BCUT2D eigenvalue weighted by Crippen LogP contribution is -2.41. The van der Waals surface area contributed by atoms with E-state index in [0.29, 0.717) is 5.78 Å². The quantitative estimate of drug-likeness (QED) is 0.726. The number of benzene rings is 1. The van der Waals surface area contributed by atoms with Crippen LogP contribution in [0.2, 0.25) is 0 Å². The van der Waals surface area contributed by atoms with Crippen LogP contribution < -0.4 is 0 Å². The highest BCUT2D eigenvalue weighted by Gasteiger charge is 2.46. The third-order valence-corrected chi connectivity index (χ3v) is 4.18. The van der Waals surface area contributed by atoms with Crippen LogP contribution in [0.4, 0.5) is 0 Å². The molecule has 1 aromatic carbocycles. The summed E-state index contributed by atoms with van der Waals surface area (Å²) in [6.07, 6.45) is 9.62. The van der Waals surface area contributed by atoms with Gasteiger partial charge in [-0.25, -0.2) is 0 Å². The molecule has 1 heteroatoms. The summed E-state index contributed by atoms with van der Waals surface area (Å²) >= 11 is 0. The maximum absolute atomic E-state index is 12.9. The zero-order valence-corrected chi connectivity index (χ0v) is 12.1. The van der Waals surface area contributed by atoms with E-state index < -0.39 is 0 Å². The summed E-state index contributed by atoms with van der Waals surface area (Å²) in [5.41, 5.74) is 1.43. The van der Waals surface area contributed by atoms with E-state index in [9.17, 15) is 4.79 Å². The molecule has 0 heterocycles. The molecule has 1 nitrogen and oxygen atoms in total. The Labute approximate surface area is 116 Å². The van der Waals surface area contributed by atoms with Gasteiger partial charge < -0.3 is 0 Å². The van der Waals surface area contributed by atoms with E-state index in [1.807, 2.05) is 45.0 Å². The van der Waals surface area contributed by atoms with Crippen LogP contribution in [0, 0.1) is 17.8 Å². The normalized spacial score (nSPS) is 18.0. The van der Waals surface area contributed by atoms with Crippen molar-refractivity contribution < 1.29 is 4.79 Å². The molecule has 1 aromatic rings. The van der Waals surface area contributed by atoms with Gasteiger partial charge in [-0.15, -0.1) is 6.42 Å². The minimum Gasteiger partial charge on any atom is -0.298 e. The van der Waals surface area contributed by atoms with Crippen LogP contribution in [0.3, 0.4) is 0 Å². The fraction of sp³-hybridized carbons (Fsp3) is 0.500. The number of Topliss-reactive ketones (excluding diaryl/α,β-unsaturated/α-hetero) is 1. The molecule has 1 aliphatic rings. The maximum Gasteiger partial charge on any atom is 0.148 e. The first-order chi connectivity index (χ1) is 8.90. The Morgan fingerprint density at radius 2 is 1.68 bits per heavy atom. The van der Waals surface area contributed by atoms with Gasteiger partial charge in [0.1, 0.15) is 5.78 Å². The maximum atomic E-state index is 12.9. The minimum atomic E-state index is -0.296. The van der Waals surface area contributed by atoms with E-state index >= 15 is 0 Å². The predicted molar refractivity (Wildman–Crippen MR) is 79.0 cm³/mol. The monoisotopic (exact) mass is 254 g/mol. The summed E-state index contributed by atoms with van der Waals surface area (Å²) in [6, 6.07) is 7.99. The van der Waals surface area contributed by atoms with Crippen molar-refractivity contribution in [3.8, 4) is 12.3 Å². The number of rotatable bonds is 2. The molecule has 0 atom stereocenters. The van der Waals surface area contributed by atoms with Gasteiger partial charge in [0, 0.05) is 11.0 Å². The first-order valence-corrected chi connectivity index (χ1v) is 7.02. The number of ketones is 1. The van der Waals surface area contributed by atoms with Crippen LogP contribution in [0.15, 0.2) is 24.3 Å². The van der Waals surface area contributed by atoms with Crippen LogP contribution in [-0.2, 0) is 10.2 Å². The fourth-order valence-electron chi connectivity index (χ4n) is 3.23. The van der Waals surface area contributed by atoms with Crippen molar-refractivity contribution in [3.05, 3.63) is 35.4 Å². The topological polar surface area (TPSA) is 17.1 Å². The first kappa shape index (κ1) is 13.9. The molecule has 2 rings (SSSR count). The highest BCUT2D eigenvalue weighted by atomic mass is 16.1. The Balaban J connectivity index is 2.45. The molecule has 0 saturated heterocycles. The molecular weight excluding hydrogens is 232 g/mol. The third-order valence-electron chi connectivity index (χ3n) is 4.18. The minimum absolute atomic E-state index is 0.286. The molecule has 0 bridgehead atoms. The molecule has 100 valence electrons. The van der Waals surface area contributed by atoms with Gasteiger partial charge in [0.15, 0.2) is 0 Å². The highest BCUT2D eigenvalue weighted by Crippen LogP contribution is 2.45. The van der Waals surface area contributed by atoms with E-state index in [1.165, 1.54) is 0 Å². The smallest absolute Gasteiger partial charge is 0.148 e. The van der Waals surface area contributed by atoms with Crippen molar-refractivity contribution in [3.63, 3.8) is 0 Å². The average molecular weight is 254 g/mol. The van der Waals surface area contributed by atoms with Crippen molar-refractivity contribution in [2.24, 2.45) is 5.41 Å². The molecule has 0 unspecified atom stereocenters. The zero-order valence-electron chi connectivity index (χ0n) is 12.1. The molecule has 0 spiro atoms. The Morgan fingerprint density at radius 3 is 2.11 bits per heavy atom.